The molecule has 0 unspecified atom stereocenters. The number of aromatic nitrogens is 1. The van der Waals surface area contributed by atoms with Crippen molar-refractivity contribution in [1.82, 2.24) is 4.57 Å². The molecule has 0 amide bonds. The fraction of sp³-hybridized carbons (Fsp3) is 0. The number of hydrogen-bond acceptors (Lipinski definition) is 4. The molecule has 192 valence electrons. The molecule has 41 heavy (non-hydrogen) atoms. The summed E-state index contributed by atoms with van der Waals surface area (Å²) in [6.45, 7) is 0. The van der Waals surface area contributed by atoms with Gasteiger partial charge in [-0.25, -0.2) is 0 Å². The van der Waals surface area contributed by atoms with E-state index in [0.717, 1.165) is 73.0 Å². The van der Waals surface area contributed by atoms with Gasteiger partial charge in [0.2, 0.25) is 0 Å². The van der Waals surface area contributed by atoms with Gasteiger partial charge >= 0.3 is 0 Å². The Balaban J connectivity index is 1.33. The van der Waals surface area contributed by atoms with E-state index in [1.165, 1.54) is 10.8 Å². The van der Waals surface area contributed by atoms with Crippen molar-refractivity contribution in [1.29, 1.82) is 0 Å². The lowest BCUT2D eigenvalue weighted by molar-refractivity contribution is 0.449. The summed E-state index contributed by atoms with van der Waals surface area (Å²) in [5.41, 5.74) is 7.76. The van der Waals surface area contributed by atoms with E-state index >= 15 is 0 Å². The summed E-state index contributed by atoms with van der Waals surface area (Å²) in [4.78, 5) is 2.25. The van der Waals surface area contributed by atoms with Crippen LogP contribution in [0.5, 0.6) is 23.0 Å². The van der Waals surface area contributed by atoms with E-state index in [1.807, 2.05) is 48.5 Å². The molecule has 0 saturated heterocycles. The highest BCUT2D eigenvalue weighted by molar-refractivity contribution is 6.20. The van der Waals surface area contributed by atoms with Crippen LogP contribution >= 0.6 is 0 Å². The van der Waals surface area contributed by atoms with Gasteiger partial charge in [0, 0.05) is 34.0 Å². The van der Waals surface area contributed by atoms with Crippen LogP contribution in [0.25, 0.3) is 49.4 Å². The maximum Gasteiger partial charge on any atom is 0.167 e. The molecule has 0 saturated carbocycles. The van der Waals surface area contributed by atoms with Crippen molar-refractivity contribution in [2.75, 3.05) is 4.90 Å². The number of hydrogen-bond donors (Lipinski definition) is 0. The van der Waals surface area contributed by atoms with Gasteiger partial charge in [-0.15, -0.1) is 0 Å². The van der Waals surface area contributed by atoms with E-state index in [1.54, 1.807) is 0 Å². The number of anilines is 3. The summed E-state index contributed by atoms with van der Waals surface area (Å²) in [6.07, 6.45) is 0. The number of fused-ring (bicyclic) bond motifs is 11. The average Bonchev–Trinajstić information content (AvgIpc) is 3.54. The molecule has 10 rings (SSSR count). The number of nitrogens with zero attached hydrogens (tertiary/aromatic N) is 2. The van der Waals surface area contributed by atoms with Gasteiger partial charge in [-0.3, -0.25) is 4.90 Å². The molecule has 0 spiro atoms. The number of benzene rings is 6. The molecule has 5 heteroatoms. The van der Waals surface area contributed by atoms with Gasteiger partial charge < -0.3 is 18.5 Å². The summed E-state index contributed by atoms with van der Waals surface area (Å²) in [7, 11) is 0. The van der Waals surface area contributed by atoms with Crippen molar-refractivity contribution in [3.63, 3.8) is 0 Å². The summed E-state index contributed by atoms with van der Waals surface area (Å²) < 4.78 is 22.1. The Bertz CT molecular complexity index is 2370. The summed E-state index contributed by atoms with van der Waals surface area (Å²) in [6, 6.07) is 41.7. The fourth-order valence-electron chi connectivity index (χ4n) is 6.63. The second-order valence-corrected chi connectivity index (χ2v) is 10.6. The van der Waals surface area contributed by atoms with Crippen LogP contribution in [0.15, 0.2) is 126 Å². The van der Waals surface area contributed by atoms with Crippen molar-refractivity contribution >= 4 is 60.8 Å². The molecule has 5 nitrogen and oxygen atoms in total. The van der Waals surface area contributed by atoms with Crippen LogP contribution in [-0.4, -0.2) is 4.57 Å². The minimum absolute atomic E-state index is 0.712. The molecule has 2 aliphatic heterocycles. The molecular weight excluding hydrogens is 508 g/mol. The molecule has 0 aliphatic carbocycles. The van der Waals surface area contributed by atoms with E-state index in [4.69, 9.17) is 13.9 Å². The summed E-state index contributed by atoms with van der Waals surface area (Å²) >= 11 is 0. The maximum atomic E-state index is 6.71. The van der Waals surface area contributed by atoms with Gasteiger partial charge in [0.25, 0.3) is 0 Å². The van der Waals surface area contributed by atoms with Gasteiger partial charge in [0.05, 0.1) is 27.8 Å². The van der Waals surface area contributed by atoms with Crippen LogP contribution in [-0.2, 0) is 0 Å². The lowest BCUT2D eigenvalue weighted by atomic mass is 10.0. The molecule has 0 fully saturated rings. The molecule has 0 radical (unpaired) electrons. The van der Waals surface area contributed by atoms with Gasteiger partial charge in [0.15, 0.2) is 23.0 Å². The van der Waals surface area contributed by atoms with Gasteiger partial charge in [-0.05, 0) is 48.5 Å². The predicted octanol–water partition coefficient (Wildman–Crippen LogP) is 10.4. The second kappa shape index (κ2) is 7.49. The SMILES string of the molecule is c1ccc(-n2c3ccccc3c3cc4c(cc32)oc2cc3c5c(c24)Oc2ccccc2N5c2ccccc2O3)cc1. The Morgan fingerprint density at radius 2 is 1.20 bits per heavy atom. The third-order valence-electron chi connectivity index (χ3n) is 8.33. The molecule has 6 aromatic carbocycles. The average molecular weight is 529 g/mol. The minimum Gasteiger partial charge on any atom is -0.456 e. The smallest absolute Gasteiger partial charge is 0.167 e. The molecule has 2 aliphatic rings. The Labute approximate surface area is 234 Å². The number of rotatable bonds is 1. The monoisotopic (exact) mass is 528 g/mol. The highest BCUT2D eigenvalue weighted by Crippen LogP contribution is 2.62. The van der Waals surface area contributed by atoms with Crippen molar-refractivity contribution < 1.29 is 13.9 Å². The Morgan fingerprint density at radius 1 is 0.488 bits per heavy atom. The topological polar surface area (TPSA) is 39.8 Å². The highest BCUT2D eigenvalue weighted by Gasteiger charge is 2.37. The lowest BCUT2D eigenvalue weighted by Gasteiger charge is -2.37. The zero-order valence-electron chi connectivity index (χ0n) is 21.7. The molecule has 4 heterocycles. The van der Waals surface area contributed by atoms with E-state index in [2.05, 4.69) is 82.3 Å². The zero-order chi connectivity index (χ0) is 26.7. The summed E-state index contributed by atoms with van der Waals surface area (Å²) in [5, 5.41) is 4.32. The van der Waals surface area contributed by atoms with E-state index < -0.39 is 0 Å². The van der Waals surface area contributed by atoms with Gasteiger partial charge in [0.1, 0.15) is 16.9 Å². The second-order valence-electron chi connectivity index (χ2n) is 10.6. The van der Waals surface area contributed by atoms with Crippen molar-refractivity contribution in [2.24, 2.45) is 0 Å². The lowest BCUT2D eigenvalue weighted by Crippen LogP contribution is -2.20. The first-order valence-electron chi connectivity index (χ1n) is 13.7. The van der Waals surface area contributed by atoms with Crippen LogP contribution in [0, 0.1) is 0 Å². The third kappa shape index (κ3) is 2.70. The molecule has 2 aromatic heterocycles. The van der Waals surface area contributed by atoms with Crippen molar-refractivity contribution in [3.8, 4) is 28.7 Å². The first-order valence-corrected chi connectivity index (χ1v) is 13.7. The molecule has 0 N–H and O–H groups in total. The minimum atomic E-state index is 0.712. The third-order valence-corrected chi connectivity index (χ3v) is 8.33. The van der Waals surface area contributed by atoms with E-state index in [9.17, 15) is 0 Å². The van der Waals surface area contributed by atoms with Crippen molar-refractivity contribution in [2.45, 2.75) is 0 Å². The predicted molar refractivity (Wildman–Crippen MR) is 163 cm³/mol. The van der Waals surface area contributed by atoms with Crippen LogP contribution in [0.2, 0.25) is 0 Å². The Hall–Kier alpha value is -5.68. The van der Waals surface area contributed by atoms with Gasteiger partial charge in [-0.2, -0.15) is 0 Å². The molecule has 0 atom stereocenters. The van der Waals surface area contributed by atoms with Crippen LogP contribution < -0.4 is 14.4 Å². The molecule has 0 bridgehead atoms. The summed E-state index contributed by atoms with van der Waals surface area (Å²) in [5.74, 6) is 3.05. The number of ether oxygens (including phenoxy) is 2. The van der Waals surface area contributed by atoms with Crippen molar-refractivity contribution in [3.05, 3.63) is 121 Å². The normalized spacial score (nSPS) is 13.2. The van der Waals surface area contributed by atoms with Crippen LogP contribution in [0.1, 0.15) is 0 Å². The van der Waals surface area contributed by atoms with Crippen LogP contribution in [0.3, 0.4) is 0 Å². The largest absolute Gasteiger partial charge is 0.456 e. The Morgan fingerprint density at radius 3 is 2.02 bits per heavy atom. The maximum absolute atomic E-state index is 6.71. The van der Waals surface area contributed by atoms with E-state index in [-0.39, 0.29) is 0 Å². The van der Waals surface area contributed by atoms with Crippen LogP contribution in [0.4, 0.5) is 17.1 Å². The number of para-hydroxylation sites is 6. The number of furan rings is 1. The first-order chi connectivity index (χ1) is 20.3. The van der Waals surface area contributed by atoms with E-state index in [0.29, 0.717) is 5.75 Å². The highest BCUT2D eigenvalue weighted by atomic mass is 16.5. The van der Waals surface area contributed by atoms with Gasteiger partial charge in [-0.1, -0.05) is 60.7 Å². The Kier molecular flexibility index (Phi) is 3.87. The fourth-order valence-corrected chi connectivity index (χ4v) is 6.63. The molecule has 8 aromatic rings. The standard InChI is InChI=1S/C36H20N2O3/c1-2-10-21(11-3-1)37-25-13-5-4-12-22(25)23-18-24-31(19-28(23)37)40-32-20-33-35-36(34(24)32)41-30-17-9-7-15-27(30)38(35)26-14-6-8-16-29(26)39-33/h1-20H. The zero-order valence-corrected chi connectivity index (χ0v) is 21.7. The first kappa shape index (κ1) is 21.2. The quantitative estimate of drug-likeness (QED) is 0.212. The molecular formula is C36H20N2O3.